The average molecular weight is 323 g/mol. The highest BCUT2D eigenvalue weighted by atomic mass is 127. The Hall–Kier alpha value is -0.280. The molecular weight excluding hydrogens is 319 g/mol. The van der Waals surface area contributed by atoms with Crippen LogP contribution < -0.4 is 5.73 Å². The van der Waals surface area contributed by atoms with Crippen molar-refractivity contribution in [1.29, 1.82) is 5.26 Å². The van der Waals surface area contributed by atoms with Crippen LogP contribution in [0.5, 0.6) is 0 Å². The fourth-order valence-electron chi connectivity index (χ4n) is 0.679. The van der Waals surface area contributed by atoms with Crippen molar-refractivity contribution in [2.45, 2.75) is 0 Å². The number of anilines is 1. The minimum Gasteiger partial charge on any atom is -0.398 e. The molecule has 1 aromatic rings. The summed E-state index contributed by atoms with van der Waals surface area (Å²) < 4.78 is 1.77. The van der Waals surface area contributed by atoms with Crippen LogP contribution >= 0.6 is 38.5 Å². The molecule has 4 heteroatoms. The Kier molecular flexibility index (Phi) is 2.73. The third-order valence-electron chi connectivity index (χ3n) is 1.24. The van der Waals surface area contributed by atoms with Crippen LogP contribution in [-0.2, 0) is 0 Å². The van der Waals surface area contributed by atoms with Crippen LogP contribution in [0.4, 0.5) is 5.69 Å². The van der Waals surface area contributed by atoms with Gasteiger partial charge in [-0.15, -0.1) is 0 Å². The minimum atomic E-state index is 0.528. The highest BCUT2D eigenvalue weighted by molar-refractivity contribution is 14.1. The molecule has 0 aliphatic heterocycles. The second-order valence-electron chi connectivity index (χ2n) is 1.94. The molecule has 0 aromatic heterocycles. The number of rotatable bonds is 0. The highest BCUT2D eigenvalue weighted by Crippen LogP contribution is 2.26. The van der Waals surface area contributed by atoms with Gasteiger partial charge >= 0.3 is 0 Å². The van der Waals surface area contributed by atoms with E-state index in [1.165, 1.54) is 0 Å². The summed E-state index contributed by atoms with van der Waals surface area (Å²) in [6.45, 7) is 0. The van der Waals surface area contributed by atoms with E-state index in [2.05, 4.69) is 38.5 Å². The third kappa shape index (κ3) is 1.65. The first-order valence-corrected chi connectivity index (χ1v) is 4.67. The summed E-state index contributed by atoms with van der Waals surface area (Å²) in [5, 5.41) is 8.67. The van der Waals surface area contributed by atoms with Gasteiger partial charge in [-0.25, -0.2) is 0 Å². The van der Waals surface area contributed by atoms with Crippen molar-refractivity contribution in [2.24, 2.45) is 0 Å². The summed E-state index contributed by atoms with van der Waals surface area (Å²) in [7, 11) is 0. The number of nitrogens with two attached hydrogens (primary N) is 1. The molecule has 0 atom stereocenters. The molecule has 0 unspecified atom stereocenters. The number of nitrogens with zero attached hydrogens (tertiary/aromatic N) is 1. The number of halogens is 2. The molecule has 0 saturated carbocycles. The van der Waals surface area contributed by atoms with Crippen molar-refractivity contribution in [3.63, 3.8) is 0 Å². The molecular formula is C7H4BrIN2. The van der Waals surface area contributed by atoms with Crippen molar-refractivity contribution in [3.05, 3.63) is 25.7 Å². The largest absolute Gasteiger partial charge is 0.398 e. The molecule has 0 fully saturated rings. The Labute approximate surface area is 86.7 Å². The van der Waals surface area contributed by atoms with Crippen molar-refractivity contribution in [3.8, 4) is 6.07 Å². The molecule has 2 nitrogen and oxygen atoms in total. The Balaban J connectivity index is 3.44. The zero-order valence-electron chi connectivity index (χ0n) is 5.44. The summed E-state index contributed by atoms with van der Waals surface area (Å²) in [4.78, 5) is 0. The molecule has 0 aliphatic rings. The topological polar surface area (TPSA) is 49.8 Å². The van der Waals surface area contributed by atoms with Crippen LogP contribution in [-0.4, -0.2) is 0 Å². The fourth-order valence-corrected chi connectivity index (χ4v) is 1.62. The third-order valence-corrected chi connectivity index (χ3v) is 3.76. The smallest absolute Gasteiger partial charge is 0.102 e. The van der Waals surface area contributed by atoms with E-state index >= 15 is 0 Å². The van der Waals surface area contributed by atoms with E-state index in [0.717, 1.165) is 8.04 Å². The number of hydrogen-bond acceptors (Lipinski definition) is 2. The van der Waals surface area contributed by atoms with Gasteiger partial charge in [-0.1, -0.05) is 0 Å². The monoisotopic (exact) mass is 322 g/mol. The molecule has 1 rings (SSSR count). The first-order chi connectivity index (χ1) is 5.16. The molecule has 0 saturated heterocycles. The van der Waals surface area contributed by atoms with Gasteiger partial charge in [0.2, 0.25) is 0 Å². The predicted molar refractivity (Wildman–Crippen MR) is 56.0 cm³/mol. The Bertz CT molecular complexity index is 330. The van der Waals surface area contributed by atoms with Gasteiger partial charge in [0, 0.05) is 8.04 Å². The maximum atomic E-state index is 8.67. The average Bonchev–Trinajstić information content (AvgIpc) is 1.99. The second kappa shape index (κ2) is 3.41. The van der Waals surface area contributed by atoms with Crippen LogP contribution in [0.25, 0.3) is 0 Å². The quantitative estimate of drug-likeness (QED) is 0.589. The standard InChI is InChI=1S/C7H4BrIN2/c8-5-1-2-6(11)4(3-10)7(5)9/h1-2H,11H2. The lowest BCUT2D eigenvalue weighted by molar-refractivity contribution is 1.45. The van der Waals surface area contributed by atoms with Crippen molar-refractivity contribution < 1.29 is 0 Å². The number of hydrogen-bond donors (Lipinski definition) is 1. The van der Waals surface area contributed by atoms with Crippen LogP contribution in [0.1, 0.15) is 5.56 Å². The lowest BCUT2D eigenvalue weighted by Gasteiger charge is -2.00. The number of nitriles is 1. The molecule has 0 bridgehead atoms. The van der Waals surface area contributed by atoms with Gasteiger partial charge in [-0.2, -0.15) is 5.26 Å². The summed E-state index contributed by atoms with van der Waals surface area (Å²) in [5.41, 5.74) is 6.62. The van der Waals surface area contributed by atoms with E-state index in [1.807, 2.05) is 12.1 Å². The number of nitrogen functional groups attached to an aromatic ring is 1. The van der Waals surface area contributed by atoms with E-state index in [1.54, 1.807) is 6.07 Å². The Morgan fingerprint density at radius 1 is 1.55 bits per heavy atom. The maximum absolute atomic E-state index is 8.67. The van der Waals surface area contributed by atoms with Crippen LogP contribution in [0, 0.1) is 14.9 Å². The molecule has 0 spiro atoms. The van der Waals surface area contributed by atoms with E-state index in [-0.39, 0.29) is 0 Å². The minimum absolute atomic E-state index is 0.528. The SMILES string of the molecule is N#Cc1c(N)ccc(Br)c1I. The summed E-state index contributed by atoms with van der Waals surface area (Å²) in [5.74, 6) is 0. The van der Waals surface area contributed by atoms with Crippen LogP contribution in [0.2, 0.25) is 0 Å². The summed E-state index contributed by atoms with van der Waals surface area (Å²) in [6, 6.07) is 5.59. The molecule has 0 aliphatic carbocycles. The molecule has 1 aromatic carbocycles. The molecule has 11 heavy (non-hydrogen) atoms. The van der Waals surface area contributed by atoms with Gasteiger partial charge in [0.15, 0.2) is 0 Å². The normalized spacial score (nSPS) is 9.18. The van der Waals surface area contributed by atoms with Gasteiger partial charge in [0.1, 0.15) is 6.07 Å². The van der Waals surface area contributed by atoms with Crippen molar-refractivity contribution >= 4 is 44.2 Å². The van der Waals surface area contributed by atoms with Gasteiger partial charge in [0.05, 0.1) is 11.3 Å². The zero-order valence-corrected chi connectivity index (χ0v) is 9.18. The number of benzene rings is 1. The first kappa shape index (κ1) is 8.81. The van der Waals surface area contributed by atoms with E-state index in [4.69, 9.17) is 11.0 Å². The lowest BCUT2D eigenvalue weighted by Crippen LogP contribution is -1.93. The molecule has 0 amide bonds. The van der Waals surface area contributed by atoms with E-state index in [0.29, 0.717) is 11.3 Å². The van der Waals surface area contributed by atoms with Crippen LogP contribution in [0.15, 0.2) is 16.6 Å². The Morgan fingerprint density at radius 2 is 2.18 bits per heavy atom. The first-order valence-electron chi connectivity index (χ1n) is 2.80. The Morgan fingerprint density at radius 3 is 2.64 bits per heavy atom. The molecule has 2 N–H and O–H groups in total. The lowest BCUT2D eigenvalue weighted by atomic mass is 10.2. The van der Waals surface area contributed by atoms with Gasteiger partial charge < -0.3 is 5.73 Å². The van der Waals surface area contributed by atoms with Crippen molar-refractivity contribution in [2.75, 3.05) is 5.73 Å². The van der Waals surface area contributed by atoms with Gasteiger partial charge in [-0.05, 0) is 50.7 Å². The van der Waals surface area contributed by atoms with E-state index in [9.17, 15) is 0 Å². The van der Waals surface area contributed by atoms with Gasteiger partial charge in [-0.3, -0.25) is 0 Å². The predicted octanol–water partition coefficient (Wildman–Crippen LogP) is 2.51. The molecule has 0 radical (unpaired) electrons. The molecule has 56 valence electrons. The zero-order chi connectivity index (χ0) is 8.43. The maximum Gasteiger partial charge on any atom is 0.102 e. The summed E-state index contributed by atoms with van der Waals surface area (Å²) in [6.07, 6.45) is 0. The highest BCUT2D eigenvalue weighted by Gasteiger charge is 2.05. The van der Waals surface area contributed by atoms with Crippen molar-refractivity contribution in [1.82, 2.24) is 0 Å². The van der Waals surface area contributed by atoms with E-state index < -0.39 is 0 Å². The fraction of sp³-hybridized carbons (Fsp3) is 0. The second-order valence-corrected chi connectivity index (χ2v) is 3.87. The van der Waals surface area contributed by atoms with Crippen LogP contribution in [0.3, 0.4) is 0 Å². The molecule has 0 heterocycles. The summed E-state index contributed by atoms with van der Waals surface area (Å²) >= 11 is 5.39. The van der Waals surface area contributed by atoms with Gasteiger partial charge in [0.25, 0.3) is 0 Å².